The van der Waals surface area contributed by atoms with Crippen molar-refractivity contribution in [3.63, 3.8) is 0 Å². The van der Waals surface area contributed by atoms with Crippen molar-refractivity contribution in [2.75, 3.05) is 13.2 Å². The first-order valence-electron chi connectivity index (χ1n) is 28.6. The Labute approximate surface area is 447 Å². The second kappa shape index (κ2) is 59.3. The summed E-state index contributed by atoms with van der Waals surface area (Å²) in [5.41, 5.74) is 0. The van der Waals surface area contributed by atoms with E-state index in [1.807, 2.05) is 12.2 Å². The Kier molecular flexibility index (Phi) is 55.1. The van der Waals surface area contributed by atoms with Gasteiger partial charge in [0.2, 0.25) is 0 Å². The second-order valence-corrected chi connectivity index (χ2v) is 18.1. The molecule has 0 amide bonds. The van der Waals surface area contributed by atoms with Crippen molar-refractivity contribution < 1.29 is 28.6 Å². The van der Waals surface area contributed by atoms with Crippen LogP contribution in [0.5, 0.6) is 0 Å². The van der Waals surface area contributed by atoms with Crippen LogP contribution in [0.2, 0.25) is 0 Å². The molecule has 0 saturated carbocycles. The maximum absolute atomic E-state index is 12.9. The zero-order chi connectivity index (χ0) is 52.9. The number of ether oxygens (including phenoxy) is 3. The minimum atomic E-state index is -0.849. The molecule has 0 unspecified atom stereocenters. The summed E-state index contributed by atoms with van der Waals surface area (Å²) in [5.74, 6) is -1.11. The van der Waals surface area contributed by atoms with E-state index in [1.165, 1.54) is 38.5 Å². The molecule has 6 heteroatoms. The highest BCUT2D eigenvalue weighted by Gasteiger charge is 2.19. The number of hydrogen-bond donors (Lipinski definition) is 0. The fourth-order valence-corrected chi connectivity index (χ4v) is 6.98. The molecule has 0 bridgehead atoms. The number of rotatable bonds is 49. The maximum atomic E-state index is 12.9. The van der Waals surface area contributed by atoms with Gasteiger partial charge >= 0.3 is 17.9 Å². The third-order valence-electron chi connectivity index (χ3n) is 11.2. The van der Waals surface area contributed by atoms with Crippen LogP contribution < -0.4 is 0 Å². The lowest BCUT2D eigenvalue weighted by atomic mass is 10.1. The van der Waals surface area contributed by atoms with E-state index in [2.05, 4.69) is 179 Å². The standard InChI is InChI=1S/C67H102O6/c1-4-7-10-13-16-19-22-25-28-31-33-36-39-42-45-48-51-54-57-60-66(69)72-63-64(62-71-65(68)59-56-53-50-47-44-41-38-35-30-27-24-21-18-15-12-9-6-3)73-67(70)61-58-55-52-49-46-43-40-37-34-32-29-26-23-20-17-14-11-8-5-2/h7,9-10,12,16-21,25-30,33-34,36-38,41-42,45,47,50-51,54,64H,4-6,8,11,13-15,22-24,31-32,35,39-40,43-44,46,48-49,52-53,55-63H2,1-3H3/b10-7-,12-9-,19-16-,20-17-,21-18-,28-25-,29-26-,30-27-,36-33-,37-34-,41-38-,45-42-,50-47-,54-51-/t64-/m1/s1. The Bertz CT molecular complexity index is 1720. The number of esters is 3. The fraction of sp³-hybridized carbons (Fsp3) is 0.537. The first-order valence-corrected chi connectivity index (χ1v) is 28.6. The Hall–Kier alpha value is -5.23. The van der Waals surface area contributed by atoms with Gasteiger partial charge in [-0.2, -0.15) is 0 Å². The van der Waals surface area contributed by atoms with Gasteiger partial charge in [-0.15, -0.1) is 0 Å². The van der Waals surface area contributed by atoms with E-state index in [-0.39, 0.29) is 50.4 Å². The molecule has 0 saturated heterocycles. The summed E-state index contributed by atoms with van der Waals surface area (Å²) in [6, 6.07) is 0. The molecular formula is C67H102O6. The van der Waals surface area contributed by atoms with E-state index < -0.39 is 6.10 Å². The third-order valence-corrected chi connectivity index (χ3v) is 11.2. The van der Waals surface area contributed by atoms with E-state index in [9.17, 15) is 14.4 Å². The molecule has 0 aliphatic rings. The summed E-state index contributed by atoms with van der Waals surface area (Å²) in [5, 5.41) is 0. The molecule has 0 aliphatic heterocycles. The number of hydrogen-bond acceptors (Lipinski definition) is 6. The van der Waals surface area contributed by atoms with Gasteiger partial charge in [0.25, 0.3) is 0 Å². The third kappa shape index (κ3) is 57.5. The van der Waals surface area contributed by atoms with Crippen molar-refractivity contribution in [3.8, 4) is 0 Å². The van der Waals surface area contributed by atoms with E-state index in [0.717, 1.165) is 122 Å². The molecule has 406 valence electrons. The summed E-state index contributed by atoms with van der Waals surface area (Å²) < 4.78 is 16.7. The van der Waals surface area contributed by atoms with E-state index in [1.54, 1.807) is 0 Å². The Morgan fingerprint density at radius 2 is 0.575 bits per heavy atom. The quantitative estimate of drug-likeness (QED) is 0.0261. The Morgan fingerprint density at radius 3 is 0.959 bits per heavy atom. The molecule has 0 heterocycles. The van der Waals surface area contributed by atoms with Gasteiger partial charge in [-0.3, -0.25) is 14.4 Å². The predicted molar refractivity (Wildman–Crippen MR) is 315 cm³/mol. The monoisotopic (exact) mass is 1000 g/mol. The molecule has 0 aromatic heterocycles. The lowest BCUT2D eigenvalue weighted by Crippen LogP contribution is -2.30. The number of allylic oxidation sites excluding steroid dienone is 28. The minimum Gasteiger partial charge on any atom is -0.462 e. The fourth-order valence-electron chi connectivity index (χ4n) is 6.98. The van der Waals surface area contributed by atoms with Crippen molar-refractivity contribution in [1.82, 2.24) is 0 Å². The zero-order valence-corrected chi connectivity index (χ0v) is 46.3. The lowest BCUT2D eigenvalue weighted by molar-refractivity contribution is -0.166. The summed E-state index contributed by atoms with van der Waals surface area (Å²) in [6.45, 7) is 6.24. The highest BCUT2D eigenvalue weighted by atomic mass is 16.6. The maximum Gasteiger partial charge on any atom is 0.306 e. The van der Waals surface area contributed by atoms with Crippen LogP contribution in [0.4, 0.5) is 0 Å². The molecule has 0 N–H and O–H groups in total. The van der Waals surface area contributed by atoms with Gasteiger partial charge in [0.15, 0.2) is 6.10 Å². The molecule has 1 atom stereocenters. The first kappa shape index (κ1) is 67.8. The number of unbranched alkanes of at least 4 members (excludes halogenated alkanes) is 10. The highest BCUT2D eigenvalue weighted by Crippen LogP contribution is 2.12. The molecular weight excluding hydrogens is 901 g/mol. The molecule has 6 nitrogen and oxygen atoms in total. The van der Waals surface area contributed by atoms with Gasteiger partial charge in [0.1, 0.15) is 13.2 Å². The summed E-state index contributed by atoms with van der Waals surface area (Å²) in [4.78, 5) is 38.1. The summed E-state index contributed by atoms with van der Waals surface area (Å²) in [7, 11) is 0. The lowest BCUT2D eigenvalue weighted by Gasteiger charge is -2.18. The van der Waals surface area contributed by atoms with Crippen molar-refractivity contribution >= 4 is 17.9 Å². The molecule has 0 aromatic rings. The van der Waals surface area contributed by atoms with Crippen LogP contribution in [0.15, 0.2) is 170 Å². The number of carbonyl (C=O) groups is 3. The van der Waals surface area contributed by atoms with Crippen LogP contribution in [0.25, 0.3) is 0 Å². The first-order chi connectivity index (χ1) is 36.0. The smallest absolute Gasteiger partial charge is 0.306 e. The van der Waals surface area contributed by atoms with Crippen LogP contribution in [0.1, 0.15) is 213 Å². The minimum absolute atomic E-state index is 0.145. The zero-order valence-electron chi connectivity index (χ0n) is 46.3. The van der Waals surface area contributed by atoms with E-state index >= 15 is 0 Å². The van der Waals surface area contributed by atoms with E-state index in [0.29, 0.717) is 12.8 Å². The molecule has 0 fully saturated rings. The van der Waals surface area contributed by atoms with E-state index in [4.69, 9.17) is 14.2 Å². The van der Waals surface area contributed by atoms with Gasteiger partial charge in [0, 0.05) is 19.3 Å². The molecule has 0 radical (unpaired) electrons. The van der Waals surface area contributed by atoms with Crippen molar-refractivity contribution in [3.05, 3.63) is 170 Å². The van der Waals surface area contributed by atoms with Crippen LogP contribution in [-0.2, 0) is 28.6 Å². The van der Waals surface area contributed by atoms with Gasteiger partial charge in [-0.25, -0.2) is 0 Å². The van der Waals surface area contributed by atoms with Gasteiger partial charge in [-0.05, 0) is 135 Å². The normalized spacial score (nSPS) is 13.4. The topological polar surface area (TPSA) is 78.9 Å². The van der Waals surface area contributed by atoms with Gasteiger partial charge in [-0.1, -0.05) is 229 Å². The Balaban J connectivity index is 4.65. The number of carbonyl (C=O) groups excluding carboxylic acids is 3. The van der Waals surface area contributed by atoms with Crippen molar-refractivity contribution in [1.29, 1.82) is 0 Å². The summed E-state index contributed by atoms with van der Waals surface area (Å²) >= 11 is 0. The van der Waals surface area contributed by atoms with Crippen LogP contribution in [0.3, 0.4) is 0 Å². The van der Waals surface area contributed by atoms with Crippen molar-refractivity contribution in [2.24, 2.45) is 0 Å². The second-order valence-electron chi connectivity index (χ2n) is 18.1. The molecule has 73 heavy (non-hydrogen) atoms. The largest absolute Gasteiger partial charge is 0.462 e. The SMILES string of the molecule is CC/C=C\C/C=C\C/C=C\C/C=C\C/C=C\C/C=C\CCC(=O)OC[C@@H](COC(=O)CCC/C=C\C/C=C\C/C=C\C/C=C\C/C=C\CC)OC(=O)CCCCCCCC/C=C\C/C=C\C/C=C\CCCCC. The van der Waals surface area contributed by atoms with Gasteiger partial charge < -0.3 is 14.2 Å². The Morgan fingerprint density at radius 1 is 0.288 bits per heavy atom. The van der Waals surface area contributed by atoms with Crippen LogP contribution in [-0.4, -0.2) is 37.2 Å². The van der Waals surface area contributed by atoms with Crippen molar-refractivity contribution in [2.45, 2.75) is 219 Å². The molecule has 0 spiro atoms. The average Bonchev–Trinajstić information content (AvgIpc) is 3.39. The summed E-state index contributed by atoms with van der Waals surface area (Å²) in [6.07, 6.45) is 87.8. The van der Waals surface area contributed by atoms with Gasteiger partial charge in [0.05, 0.1) is 0 Å². The highest BCUT2D eigenvalue weighted by molar-refractivity contribution is 5.71. The molecule has 0 aromatic carbocycles. The predicted octanol–water partition coefficient (Wildman–Crippen LogP) is 19.5. The molecule has 0 rings (SSSR count). The van der Waals surface area contributed by atoms with Crippen LogP contribution in [0, 0.1) is 0 Å². The average molecular weight is 1000 g/mol. The van der Waals surface area contributed by atoms with Crippen LogP contribution >= 0.6 is 0 Å². The molecule has 0 aliphatic carbocycles.